The average Bonchev–Trinajstić information content (AvgIpc) is 2.92. The van der Waals surface area contributed by atoms with Crippen molar-refractivity contribution in [2.45, 2.75) is 207 Å². The molecule has 0 saturated carbocycles. The molecule has 0 atom stereocenters. The molecule has 232 valence electrons. The van der Waals surface area contributed by atoms with Crippen LogP contribution in [0.1, 0.15) is 207 Å². The number of hydrogen-bond acceptors (Lipinski definition) is 0. The van der Waals surface area contributed by atoms with Crippen LogP contribution in [0.4, 0.5) is 0 Å². The summed E-state index contributed by atoms with van der Waals surface area (Å²) in [6.07, 6.45) is 45.4. The molecule has 0 N–H and O–H groups in total. The molecule has 38 heavy (non-hydrogen) atoms. The minimum atomic E-state index is -2.10. The van der Waals surface area contributed by atoms with Crippen molar-refractivity contribution in [2.24, 2.45) is 0 Å². The fourth-order valence-corrected chi connectivity index (χ4v) is 13.4. The molecular formula is C36H76ClP. The summed E-state index contributed by atoms with van der Waals surface area (Å²) >= 11 is 8.11. The summed E-state index contributed by atoms with van der Waals surface area (Å²) in [6.45, 7) is 9.32. The van der Waals surface area contributed by atoms with Gasteiger partial charge in [-0.3, -0.25) is 0 Å². The number of unbranched alkanes of at least 4 members (excludes halogenated alkanes) is 24. The molecule has 2 heteroatoms. The summed E-state index contributed by atoms with van der Waals surface area (Å²) in [5, 5.41) is 0. The van der Waals surface area contributed by atoms with E-state index in [-0.39, 0.29) is 0 Å². The predicted molar refractivity (Wildman–Crippen MR) is 184 cm³/mol. The van der Waals surface area contributed by atoms with E-state index in [1.165, 1.54) is 204 Å². The first-order valence-corrected chi connectivity index (χ1v) is 22.1. The third-order valence-electron chi connectivity index (χ3n) is 9.28. The molecule has 0 fully saturated rings. The van der Waals surface area contributed by atoms with Crippen LogP contribution in [0.5, 0.6) is 0 Å². The van der Waals surface area contributed by atoms with Crippen molar-refractivity contribution >= 4 is 17.2 Å². The zero-order valence-electron chi connectivity index (χ0n) is 27.5. The van der Waals surface area contributed by atoms with E-state index in [0.717, 1.165) is 0 Å². The standard InChI is InChI=1S/C36H76ClP/c1-5-9-13-17-19-21-23-25-27-31-35-38(37,33-29-15-11-7-3,34-30-16-12-8-4)36-32-28-26-24-22-20-18-14-10-6-2/h5-36H2,1-4H3. The first-order chi connectivity index (χ1) is 18.5. The van der Waals surface area contributed by atoms with Gasteiger partial charge in [0.2, 0.25) is 0 Å². The van der Waals surface area contributed by atoms with E-state index in [1.54, 1.807) is 0 Å². The monoisotopic (exact) mass is 575 g/mol. The zero-order chi connectivity index (χ0) is 28.1. The van der Waals surface area contributed by atoms with E-state index in [2.05, 4.69) is 27.7 Å². The van der Waals surface area contributed by atoms with Gasteiger partial charge in [0.25, 0.3) is 0 Å². The van der Waals surface area contributed by atoms with Gasteiger partial charge in [-0.15, -0.1) is 0 Å². The summed E-state index contributed by atoms with van der Waals surface area (Å²) in [4.78, 5) is 0. The van der Waals surface area contributed by atoms with Crippen LogP contribution in [0, 0.1) is 0 Å². The zero-order valence-corrected chi connectivity index (χ0v) is 29.1. The van der Waals surface area contributed by atoms with E-state index in [4.69, 9.17) is 11.2 Å². The second-order valence-electron chi connectivity index (χ2n) is 13.2. The van der Waals surface area contributed by atoms with Gasteiger partial charge in [0.15, 0.2) is 0 Å². The SMILES string of the molecule is CCCCCCCCCCCCP(Cl)(CCCCCC)(CCCCCC)CCCCCCCCCCCC. The molecule has 0 aliphatic heterocycles. The Kier molecular flexibility index (Phi) is 28.4. The number of hydrogen-bond donors (Lipinski definition) is 0. The van der Waals surface area contributed by atoms with Gasteiger partial charge in [0.05, 0.1) is 0 Å². The van der Waals surface area contributed by atoms with Crippen molar-refractivity contribution in [3.8, 4) is 0 Å². The second-order valence-corrected chi connectivity index (χ2v) is 21.5. The normalized spacial score (nSPS) is 13.1. The Labute approximate surface area is 248 Å². The van der Waals surface area contributed by atoms with E-state index >= 15 is 0 Å². The molecule has 0 aromatic rings. The fourth-order valence-electron chi connectivity index (χ4n) is 6.53. The van der Waals surface area contributed by atoms with Gasteiger partial charge in [-0.1, -0.05) is 0 Å². The van der Waals surface area contributed by atoms with E-state index in [9.17, 15) is 0 Å². The van der Waals surface area contributed by atoms with E-state index in [1.807, 2.05) is 0 Å². The van der Waals surface area contributed by atoms with Crippen LogP contribution in [-0.4, -0.2) is 24.6 Å². The molecule has 0 unspecified atom stereocenters. The first kappa shape index (κ1) is 38.7. The van der Waals surface area contributed by atoms with Crippen molar-refractivity contribution in [3.05, 3.63) is 0 Å². The summed E-state index contributed by atoms with van der Waals surface area (Å²) < 4.78 is 0. The molecule has 0 amide bonds. The maximum atomic E-state index is 8.11. The topological polar surface area (TPSA) is 0 Å². The van der Waals surface area contributed by atoms with E-state index < -0.39 is 5.96 Å². The minimum absolute atomic E-state index is 1.34. The van der Waals surface area contributed by atoms with Crippen LogP contribution < -0.4 is 0 Å². The molecule has 0 aliphatic carbocycles. The van der Waals surface area contributed by atoms with Crippen LogP contribution in [0.2, 0.25) is 0 Å². The van der Waals surface area contributed by atoms with Crippen LogP contribution in [-0.2, 0) is 0 Å². The third kappa shape index (κ3) is 23.4. The summed E-state index contributed by atoms with van der Waals surface area (Å²) in [6, 6.07) is 0. The van der Waals surface area contributed by atoms with Crippen LogP contribution in [0.15, 0.2) is 0 Å². The van der Waals surface area contributed by atoms with Crippen molar-refractivity contribution in [1.82, 2.24) is 0 Å². The van der Waals surface area contributed by atoms with Gasteiger partial charge in [0, 0.05) is 0 Å². The van der Waals surface area contributed by atoms with Gasteiger partial charge in [-0.05, 0) is 0 Å². The summed E-state index contributed by atoms with van der Waals surface area (Å²) in [7, 11) is 0. The van der Waals surface area contributed by atoms with Gasteiger partial charge >= 0.3 is 249 Å². The molecule has 0 radical (unpaired) electrons. The Morgan fingerprint density at radius 1 is 0.263 bits per heavy atom. The summed E-state index contributed by atoms with van der Waals surface area (Å²) in [5.41, 5.74) is 0. The Morgan fingerprint density at radius 3 is 0.632 bits per heavy atom. The molecule has 0 bridgehead atoms. The maximum absolute atomic E-state index is 8.11. The third-order valence-corrected chi connectivity index (χ3v) is 17.0. The molecule has 0 aromatic heterocycles. The van der Waals surface area contributed by atoms with Crippen molar-refractivity contribution < 1.29 is 0 Å². The Hall–Kier alpha value is 0.720. The van der Waals surface area contributed by atoms with Crippen molar-refractivity contribution in [2.75, 3.05) is 24.6 Å². The van der Waals surface area contributed by atoms with Gasteiger partial charge in [0.1, 0.15) is 0 Å². The summed E-state index contributed by atoms with van der Waals surface area (Å²) in [5.74, 6) is -2.10. The predicted octanol–water partition coefficient (Wildman–Crippen LogP) is 14.7. The molecular weight excluding hydrogens is 499 g/mol. The van der Waals surface area contributed by atoms with Crippen LogP contribution in [0.25, 0.3) is 0 Å². The molecule has 0 spiro atoms. The van der Waals surface area contributed by atoms with Crippen LogP contribution in [0.3, 0.4) is 0 Å². The second kappa shape index (κ2) is 27.9. The fraction of sp³-hybridized carbons (Fsp3) is 1.00. The Bertz CT molecular complexity index is 422. The molecule has 0 nitrogen and oxygen atoms in total. The molecule has 0 aromatic carbocycles. The van der Waals surface area contributed by atoms with Crippen LogP contribution >= 0.6 is 17.2 Å². The Balaban J connectivity index is 4.72. The molecule has 0 heterocycles. The molecule has 0 rings (SSSR count). The van der Waals surface area contributed by atoms with Gasteiger partial charge in [-0.25, -0.2) is 0 Å². The Morgan fingerprint density at radius 2 is 0.421 bits per heavy atom. The van der Waals surface area contributed by atoms with Crippen molar-refractivity contribution in [3.63, 3.8) is 0 Å². The molecule has 0 saturated heterocycles. The van der Waals surface area contributed by atoms with Gasteiger partial charge < -0.3 is 0 Å². The average molecular weight is 575 g/mol. The first-order valence-electron chi connectivity index (χ1n) is 18.3. The number of rotatable bonds is 32. The number of halogens is 1. The van der Waals surface area contributed by atoms with E-state index in [0.29, 0.717) is 0 Å². The quantitative estimate of drug-likeness (QED) is 0.0553. The van der Waals surface area contributed by atoms with Crippen molar-refractivity contribution in [1.29, 1.82) is 0 Å². The molecule has 0 aliphatic rings. The van der Waals surface area contributed by atoms with Gasteiger partial charge in [-0.2, -0.15) is 0 Å².